The molecular formula is C10H21NO2. The van der Waals surface area contributed by atoms with Crippen LogP contribution in [0.5, 0.6) is 0 Å². The van der Waals surface area contributed by atoms with Gasteiger partial charge in [-0.3, -0.25) is 4.79 Å². The quantitative estimate of drug-likeness (QED) is 0.704. The fourth-order valence-electron chi connectivity index (χ4n) is 1.10. The van der Waals surface area contributed by atoms with Gasteiger partial charge in [-0.1, -0.05) is 13.8 Å². The molecule has 0 aromatic heterocycles. The number of rotatable bonds is 5. The number of carbonyl (C=O) groups excluding carboxylic acids is 1. The molecule has 78 valence electrons. The lowest BCUT2D eigenvalue weighted by molar-refractivity contribution is -0.131. The van der Waals surface area contributed by atoms with Crippen LogP contribution in [0.25, 0.3) is 0 Å². The summed E-state index contributed by atoms with van der Waals surface area (Å²) in [5.41, 5.74) is 0. The summed E-state index contributed by atoms with van der Waals surface area (Å²) in [6.07, 6.45) is 1.07. The molecule has 0 saturated carbocycles. The van der Waals surface area contributed by atoms with Crippen LogP contribution in [0.1, 0.15) is 33.6 Å². The minimum absolute atomic E-state index is 0.120. The molecule has 13 heavy (non-hydrogen) atoms. The standard InChI is InChI=1S/C10H21NO2/c1-8(2)5-6-10(13)11(4)7-9(3)12/h8-9,12H,5-7H2,1-4H3. The first kappa shape index (κ1) is 12.4. The van der Waals surface area contributed by atoms with Gasteiger partial charge in [0.25, 0.3) is 0 Å². The molecule has 0 heterocycles. The zero-order chi connectivity index (χ0) is 10.4. The van der Waals surface area contributed by atoms with Crippen LogP contribution in [-0.2, 0) is 4.79 Å². The van der Waals surface area contributed by atoms with Crippen molar-refractivity contribution in [3.8, 4) is 0 Å². The third kappa shape index (κ3) is 6.58. The van der Waals surface area contributed by atoms with Crippen molar-refractivity contribution < 1.29 is 9.90 Å². The molecule has 0 saturated heterocycles. The monoisotopic (exact) mass is 187 g/mol. The smallest absolute Gasteiger partial charge is 0.222 e. The number of amides is 1. The number of hydrogen-bond donors (Lipinski definition) is 1. The lowest BCUT2D eigenvalue weighted by atomic mass is 10.1. The molecule has 0 aliphatic carbocycles. The van der Waals surface area contributed by atoms with E-state index in [0.29, 0.717) is 18.9 Å². The summed E-state index contributed by atoms with van der Waals surface area (Å²) in [6.45, 7) is 6.31. The van der Waals surface area contributed by atoms with Gasteiger partial charge in [-0.2, -0.15) is 0 Å². The molecule has 0 aromatic rings. The average Bonchev–Trinajstić information content (AvgIpc) is 1.98. The Morgan fingerprint density at radius 1 is 1.38 bits per heavy atom. The predicted molar refractivity (Wildman–Crippen MR) is 53.4 cm³/mol. The fraction of sp³-hybridized carbons (Fsp3) is 0.900. The molecule has 1 unspecified atom stereocenters. The van der Waals surface area contributed by atoms with Crippen molar-refractivity contribution >= 4 is 5.91 Å². The van der Waals surface area contributed by atoms with E-state index in [1.54, 1.807) is 18.9 Å². The van der Waals surface area contributed by atoms with Gasteiger partial charge in [0.2, 0.25) is 5.91 Å². The molecule has 0 rings (SSSR count). The first-order valence-electron chi connectivity index (χ1n) is 4.85. The molecule has 0 spiro atoms. The van der Waals surface area contributed by atoms with Crippen LogP contribution in [0.2, 0.25) is 0 Å². The maximum atomic E-state index is 11.4. The SMILES string of the molecule is CC(C)CCC(=O)N(C)CC(C)O. The number of nitrogens with zero attached hydrogens (tertiary/aromatic N) is 1. The Morgan fingerprint density at radius 3 is 2.31 bits per heavy atom. The van der Waals surface area contributed by atoms with E-state index in [0.717, 1.165) is 6.42 Å². The van der Waals surface area contributed by atoms with Gasteiger partial charge in [-0.25, -0.2) is 0 Å². The molecule has 3 heteroatoms. The summed E-state index contributed by atoms with van der Waals surface area (Å²) in [5, 5.41) is 9.06. The van der Waals surface area contributed by atoms with E-state index in [1.165, 1.54) is 0 Å². The molecule has 0 aliphatic rings. The van der Waals surface area contributed by atoms with Gasteiger partial charge in [0.05, 0.1) is 6.10 Å². The lowest BCUT2D eigenvalue weighted by Crippen LogP contribution is -2.33. The summed E-state index contributed by atoms with van der Waals surface area (Å²) in [4.78, 5) is 13.0. The van der Waals surface area contributed by atoms with E-state index in [9.17, 15) is 4.79 Å². The molecule has 0 fully saturated rings. The van der Waals surface area contributed by atoms with Gasteiger partial charge in [0.15, 0.2) is 0 Å². The Balaban J connectivity index is 3.69. The summed E-state index contributed by atoms with van der Waals surface area (Å²) in [5.74, 6) is 0.679. The Morgan fingerprint density at radius 2 is 1.92 bits per heavy atom. The topological polar surface area (TPSA) is 40.5 Å². The molecule has 1 N–H and O–H groups in total. The van der Waals surface area contributed by atoms with Crippen molar-refractivity contribution in [1.29, 1.82) is 0 Å². The Hall–Kier alpha value is -0.570. The second-order valence-electron chi connectivity index (χ2n) is 4.06. The van der Waals surface area contributed by atoms with Crippen LogP contribution in [0, 0.1) is 5.92 Å². The largest absolute Gasteiger partial charge is 0.392 e. The van der Waals surface area contributed by atoms with E-state index in [1.807, 2.05) is 0 Å². The molecular weight excluding hydrogens is 166 g/mol. The minimum atomic E-state index is -0.437. The number of likely N-dealkylation sites (N-methyl/N-ethyl adjacent to an activating group) is 1. The number of aliphatic hydroxyl groups excluding tert-OH is 1. The highest BCUT2D eigenvalue weighted by Crippen LogP contribution is 2.05. The van der Waals surface area contributed by atoms with Crippen LogP contribution in [0.3, 0.4) is 0 Å². The molecule has 0 bridgehead atoms. The van der Waals surface area contributed by atoms with Crippen molar-refractivity contribution in [2.45, 2.75) is 39.7 Å². The fourth-order valence-corrected chi connectivity index (χ4v) is 1.10. The Bertz CT molecular complexity index is 155. The van der Waals surface area contributed by atoms with Crippen LogP contribution in [-0.4, -0.2) is 35.6 Å². The van der Waals surface area contributed by atoms with Gasteiger partial charge >= 0.3 is 0 Å². The lowest BCUT2D eigenvalue weighted by Gasteiger charge is -2.19. The normalized spacial score (nSPS) is 13.1. The van der Waals surface area contributed by atoms with Gasteiger partial charge in [-0.05, 0) is 19.3 Å². The summed E-state index contributed by atoms with van der Waals surface area (Å²) in [6, 6.07) is 0. The number of aliphatic hydroxyl groups is 1. The highest BCUT2D eigenvalue weighted by molar-refractivity contribution is 5.75. The summed E-state index contributed by atoms with van der Waals surface area (Å²) in [7, 11) is 1.73. The van der Waals surface area contributed by atoms with Crippen molar-refractivity contribution in [3.05, 3.63) is 0 Å². The molecule has 0 aliphatic heterocycles. The first-order valence-corrected chi connectivity index (χ1v) is 4.85. The molecule has 3 nitrogen and oxygen atoms in total. The van der Waals surface area contributed by atoms with Crippen molar-refractivity contribution in [2.24, 2.45) is 5.92 Å². The Labute approximate surface area is 80.7 Å². The zero-order valence-electron chi connectivity index (χ0n) is 9.08. The van der Waals surface area contributed by atoms with Crippen LogP contribution < -0.4 is 0 Å². The van der Waals surface area contributed by atoms with Gasteiger partial charge in [0, 0.05) is 20.0 Å². The molecule has 1 amide bonds. The highest BCUT2D eigenvalue weighted by atomic mass is 16.3. The van der Waals surface area contributed by atoms with Crippen molar-refractivity contribution in [3.63, 3.8) is 0 Å². The van der Waals surface area contributed by atoms with E-state index in [4.69, 9.17) is 5.11 Å². The Kier molecular flexibility index (Phi) is 5.71. The van der Waals surface area contributed by atoms with Crippen molar-refractivity contribution in [2.75, 3.05) is 13.6 Å². The molecule has 1 atom stereocenters. The maximum Gasteiger partial charge on any atom is 0.222 e. The van der Waals surface area contributed by atoms with E-state index in [-0.39, 0.29) is 5.91 Å². The van der Waals surface area contributed by atoms with Crippen LogP contribution in [0.15, 0.2) is 0 Å². The third-order valence-electron chi connectivity index (χ3n) is 1.90. The zero-order valence-corrected chi connectivity index (χ0v) is 9.08. The number of carbonyl (C=O) groups is 1. The molecule has 0 radical (unpaired) electrons. The summed E-state index contributed by atoms with van der Waals surface area (Å²) < 4.78 is 0. The molecule has 0 aromatic carbocycles. The first-order chi connectivity index (χ1) is 5.93. The van der Waals surface area contributed by atoms with Gasteiger partial charge in [0.1, 0.15) is 0 Å². The summed E-state index contributed by atoms with van der Waals surface area (Å²) >= 11 is 0. The predicted octanol–water partition coefficient (Wildman–Crippen LogP) is 1.26. The third-order valence-corrected chi connectivity index (χ3v) is 1.90. The number of hydrogen-bond acceptors (Lipinski definition) is 2. The van der Waals surface area contributed by atoms with Crippen molar-refractivity contribution in [1.82, 2.24) is 4.90 Å². The van der Waals surface area contributed by atoms with Gasteiger partial charge < -0.3 is 10.0 Å². The van der Waals surface area contributed by atoms with Gasteiger partial charge in [-0.15, -0.1) is 0 Å². The van der Waals surface area contributed by atoms with Crippen LogP contribution >= 0.6 is 0 Å². The van der Waals surface area contributed by atoms with E-state index >= 15 is 0 Å². The maximum absolute atomic E-state index is 11.4. The second kappa shape index (κ2) is 5.97. The van der Waals surface area contributed by atoms with Crippen LogP contribution in [0.4, 0.5) is 0 Å². The average molecular weight is 187 g/mol. The minimum Gasteiger partial charge on any atom is -0.392 e. The second-order valence-corrected chi connectivity index (χ2v) is 4.06. The van der Waals surface area contributed by atoms with E-state index < -0.39 is 6.10 Å². The van der Waals surface area contributed by atoms with E-state index in [2.05, 4.69) is 13.8 Å². The highest BCUT2D eigenvalue weighted by Gasteiger charge is 2.10.